The molecule has 1 rings (SSSR count). The minimum atomic E-state index is -0.986. The van der Waals surface area contributed by atoms with Crippen molar-refractivity contribution in [3.05, 3.63) is 23.8 Å². The number of esters is 1. The monoisotopic (exact) mass is 309 g/mol. The number of benzene rings is 1. The van der Waals surface area contributed by atoms with Gasteiger partial charge in [-0.1, -0.05) is 13.8 Å². The molecule has 0 bridgehead atoms. The van der Waals surface area contributed by atoms with Gasteiger partial charge in [-0.05, 0) is 37.5 Å². The molecule has 0 aliphatic carbocycles. The van der Waals surface area contributed by atoms with Gasteiger partial charge in [-0.25, -0.2) is 4.79 Å². The summed E-state index contributed by atoms with van der Waals surface area (Å²) < 4.78 is 15.8. The fourth-order valence-electron chi connectivity index (χ4n) is 1.61. The highest BCUT2D eigenvalue weighted by atomic mass is 16.5. The number of hydrogen-bond acceptors (Lipinski definition) is 5. The summed E-state index contributed by atoms with van der Waals surface area (Å²) in [6.45, 7) is 6.20. The summed E-state index contributed by atoms with van der Waals surface area (Å²) in [5.41, 5.74) is 5.33. The highest BCUT2D eigenvalue weighted by Gasteiger charge is 2.18. The molecule has 0 aliphatic heterocycles. The van der Waals surface area contributed by atoms with Gasteiger partial charge in [0.1, 0.15) is 0 Å². The van der Waals surface area contributed by atoms with Crippen molar-refractivity contribution in [2.24, 2.45) is 11.7 Å². The third kappa shape index (κ3) is 5.27. The molecule has 0 aliphatic rings. The molecule has 122 valence electrons. The second-order valence-electron chi connectivity index (χ2n) is 5.35. The van der Waals surface area contributed by atoms with E-state index in [1.54, 1.807) is 12.1 Å². The van der Waals surface area contributed by atoms with Crippen molar-refractivity contribution in [2.45, 2.75) is 33.3 Å². The molecule has 6 nitrogen and oxygen atoms in total. The normalized spacial score (nSPS) is 11.9. The van der Waals surface area contributed by atoms with Crippen LogP contribution in [0.3, 0.4) is 0 Å². The summed E-state index contributed by atoms with van der Waals surface area (Å²) >= 11 is 0. The van der Waals surface area contributed by atoms with Crippen LogP contribution in [0.25, 0.3) is 0 Å². The number of methoxy groups -OCH3 is 1. The summed E-state index contributed by atoms with van der Waals surface area (Å²) in [6.07, 6.45) is -0.0660. The predicted molar refractivity (Wildman–Crippen MR) is 82.0 cm³/mol. The van der Waals surface area contributed by atoms with E-state index in [0.29, 0.717) is 24.0 Å². The average Bonchev–Trinajstić information content (AvgIpc) is 2.46. The number of carbonyl (C=O) groups excluding carboxylic acids is 2. The van der Waals surface area contributed by atoms with Crippen molar-refractivity contribution in [3.63, 3.8) is 0 Å². The first-order chi connectivity index (χ1) is 10.3. The van der Waals surface area contributed by atoms with Crippen LogP contribution in [0.4, 0.5) is 0 Å². The van der Waals surface area contributed by atoms with Gasteiger partial charge in [-0.3, -0.25) is 4.79 Å². The van der Waals surface area contributed by atoms with Crippen molar-refractivity contribution in [2.75, 3.05) is 13.7 Å². The Kier molecular flexibility index (Phi) is 6.69. The summed E-state index contributed by atoms with van der Waals surface area (Å²) in [5.74, 6) is 0.190. The second-order valence-corrected chi connectivity index (χ2v) is 5.35. The SMILES string of the molecule is COc1cc(C(=O)OC(C)C(N)=O)ccc1OCCC(C)C. The molecular formula is C16H23NO5. The van der Waals surface area contributed by atoms with Gasteiger partial charge < -0.3 is 19.9 Å². The summed E-state index contributed by atoms with van der Waals surface area (Å²) in [4.78, 5) is 22.8. The number of hydrogen-bond donors (Lipinski definition) is 1. The van der Waals surface area contributed by atoms with Crippen LogP contribution >= 0.6 is 0 Å². The highest BCUT2D eigenvalue weighted by molar-refractivity contribution is 5.92. The van der Waals surface area contributed by atoms with Gasteiger partial charge in [-0.15, -0.1) is 0 Å². The maximum Gasteiger partial charge on any atom is 0.339 e. The Morgan fingerprint density at radius 2 is 1.86 bits per heavy atom. The average molecular weight is 309 g/mol. The molecule has 1 unspecified atom stereocenters. The van der Waals surface area contributed by atoms with E-state index in [0.717, 1.165) is 6.42 Å². The third-order valence-electron chi connectivity index (χ3n) is 3.04. The maximum atomic E-state index is 11.9. The molecule has 0 saturated heterocycles. The van der Waals surface area contributed by atoms with E-state index >= 15 is 0 Å². The van der Waals surface area contributed by atoms with E-state index in [9.17, 15) is 9.59 Å². The van der Waals surface area contributed by atoms with Crippen LogP contribution in [-0.2, 0) is 9.53 Å². The summed E-state index contributed by atoms with van der Waals surface area (Å²) in [5, 5.41) is 0. The van der Waals surface area contributed by atoms with Gasteiger partial charge in [0.05, 0.1) is 19.3 Å². The van der Waals surface area contributed by atoms with E-state index < -0.39 is 18.0 Å². The molecule has 1 aromatic rings. The Balaban J connectivity index is 2.79. The van der Waals surface area contributed by atoms with E-state index in [-0.39, 0.29) is 5.56 Å². The number of carbonyl (C=O) groups is 2. The van der Waals surface area contributed by atoms with Gasteiger partial charge in [0.25, 0.3) is 5.91 Å². The predicted octanol–water partition coefficient (Wildman–Crippen LogP) is 2.15. The molecule has 6 heteroatoms. The zero-order valence-corrected chi connectivity index (χ0v) is 13.4. The smallest absolute Gasteiger partial charge is 0.339 e. The Bertz CT molecular complexity index is 527. The van der Waals surface area contributed by atoms with Gasteiger partial charge in [0, 0.05) is 0 Å². The van der Waals surface area contributed by atoms with E-state index in [4.69, 9.17) is 19.9 Å². The van der Waals surface area contributed by atoms with Gasteiger partial charge >= 0.3 is 5.97 Å². The molecule has 0 fully saturated rings. The summed E-state index contributed by atoms with van der Waals surface area (Å²) in [7, 11) is 1.49. The van der Waals surface area contributed by atoms with Crippen molar-refractivity contribution in [3.8, 4) is 11.5 Å². The molecule has 0 spiro atoms. The highest BCUT2D eigenvalue weighted by Crippen LogP contribution is 2.28. The topological polar surface area (TPSA) is 87.9 Å². The number of nitrogens with two attached hydrogens (primary N) is 1. The Labute approximate surface area is 130 Å². The molecule has 1 amide bonds. The Hall–Kier alpha value is -2.24. The molecule has 0 saturated carbocycles. The van der Waals surface area contributed by atoms with E-state index in [1.165, 1.54) is 20.1 Å². The Morgan fingerprint density at radius 1 is 1.18 bits per heavy atom. The van der Waals surface area contributed by atoms with Crippen LogP contribution < -0.4 is 15.2 Å². The minimum Gasteiger partial charge on any atom is -0.493 e. The molecule has 2 N–H and O–H groups in total. The van der Waals surface area contributed by atoms with Crippen LogP contribution in [0, 0.1) is 5.92 Å². The fourth-order valence-corrected chi connectivity index (χ4v) is 1.61. The van der Waals surface area contributed by atoms with E-state index in [2.05, 4.69) is 13.8 Å². The van der Waals surface area contributed by atoms with Crippen molar-refractivity contribution >= 4 is 11.9 Å². The lowest BCUT2D eigenvalue weighted by Crippen LogP contribution is -2.30. The molecule has 1 atom stereocenters. The summed E-state index contributed by atoms with van der Waals surface area (Å²) in [6, 6.07) is 4.72. The van der Waals surface area contributed by atoms with Gasteiger partial charge in [0.2, 0.25) is 0 Å². The largest absolute Gasteiger partial charge is 0.493 e. The lowest BCUT2D eigenvalue weighted by Gasteiger charge is -2.14. The van der Waals surface area contributed by atoms with Crippen molar-refractivity contribution in [1.82, 2.24) is 0 Å². The van der Waals surface area contributed by atoms with Crippen molar-refractivity contribution < 1.29 is 23.8 Å². The van der Waals surface area contributed by atoms with Crippen LogP contribution in [-0.4, -0.2) is 31.7 Å². The van der Waals surface area contributed by atoms with Gasteiger partial charge in [-0.2, -0.15) is 0 Å². The van der Waals surface area contributed by atoms with Crippen LogP contribution in [0.15, 0.2) is 18.2 Å². The molecular weight excluding hydrogens is 286 g/mol. The molecule has 0 heterocycles. The second kappa shape index (κ2) is 8.26. The first-order valence-corrected chi connectivity index (χ1v) is 7.16. The molecule has 1 aromatic carbocycles. The standard InChI is InChI=1S/C16H23NO5/c1-10(2)7-8-21-13-6-5-12(9-14(13)20-4)16(19)22-11(3)15(17)18/h5-6,9-11H,7-8H2,1-4H3,(H2,17,18). The van der Waals surface area contributed by atoms with Crippen molar-refractivity contribution in [1.29, 1.82) is 0 Å². The number of rotatable bonds is 8. The van der Waals surface area contributed by atoms with Crippen LogP contribution in [0.2, 0.25) is 0 Å². The molecule has 0 aromatic heterocycles. The molecule has 22 heavy (non-hydrogen) atoms. The first-order valence-electron chi connectivity index (χ1n) is 7.16. The Morgan fingerprint density at radius 3 is 2.41 bits per heavy atom. The van der Waals surface area contributed by atoms with E-state index in [1.807, 2.05) is 0 Å². The zero-order valence-electron chi connectivity index (χ0n) is 13.4. The number of ether oxygens (including phenoxy) is 3. The lowest BCUT2D eigenvalue weighted by molar-refractivity contribution is -0.125. The van der Waals surface area contributed by atoms with Crippen LogP contribution in [0.1, 0.15) is 37.6 Å². The maximum absolute atomic E-state index is 11.9. The number of primary amides is 1. The lowest BCUT2D eigenvalue weighted by atomic mass is 10.1. The zero-order chi connectivity index (χ0) is 16.7. The quantitative estimate of drug-likeness (QED) is 0.743. The minimum absolute atomic E-state index is 0.265. The molecule has 0 radical (unpaired) electrons. The first kappa shape index (κ1) is 17.8. The number of amides is 1. The fraction of sp³-hybridized carbons (Fsp3) is 0.500. The van der Waals surface area contributed by atoms with Crippen LogP contribution in [0.5, 0.6) is 11.5 Å². The van der Waals surface area contributed by atoms with Gasteiger partial charge in [0.15, 0.2) is 17.6 Å². The third-order valence-corrected chi connectivity index (χ3v) is 3.04.